The Kier molecular flexibility index (Phi) is 5.60. The molecule has 0 saturated carbocycles. The maximum atomic E-state index is 13.3. The number of carbonyl (C=O) groups excluding carboxylic acids is 1. The normalized spacial score (nSPS) is 14.4. The van der Waals surface area contributed by atoms with Gasteiger partial charge in [-0.2, -0.15) is 0 Å². The number of hydrogen-bond acceptors (Lipinski definition) is 6. The fraction of sp³-hybridized carbons (Fsp3) is 0.0870. The minimum Gasteiger partial charge on any atom is -0.493 e. The van der Waals surface area contributed by atoms with Crippen molar-refractivity contribution >= 4 is 42.9 Å². The standard InChI is InChI=1S/C23H18BrNO5S/c1-29-19-12-7-15(13-20(19)30-2)23(26)22-14-25(17-10-8-16(24)9-11-17)18-5-3-4-6-21(18)31(22,27)28/h3-14H,1-2H3. The second kappa shape index (κ2) is 8.20. The van der Waals surface area contributed by atoms with Crippen molar-refractivity contribution in [3.05, 3.63) is 87.9 Å². The summed E-state index contributed by atoms with van der Waals surface area (Å²) in [6.07, 6.45) is 1.37. The lowest BCUT2D eigenvalue weighted by atomic mass is 10.1. The summed E-state index contributed by atoms with van der Waals surface area (Å²) < 4.78 is 38.1. The van der Waals surface area contributed by atoms with Crippen molar-refractivity contribution in [3.63, 3.8) is 0 Å². The van der Waals surface area contributed by atoms with Gasteiger partial charge in [0.05, 0.1) is 24.8 Å². The lowest BCUT2D eigenvalue weighted by Gasteiger charge is -2.29. The first kappa shape index (κ1) is 21.1. The van der Waals surface area contributed by atoms with Crippen LogP contribution < -0.4 is 14.4 Å². The number of benzene rings is 3. The van der Waals surface area contributed by atoms with Gasteiger partial charge in [0, 0.05) is 21.9 Å². The highest BCUT2D eigenvalue weighted by Gasteiger charge is 2.36. The van der Waals surface area contributed by atoms with Crippen LogP contribution in [0.3, 0.4) is 0 Å². The first-order valence-electron chi connectivity index (χ1n) is 9.24. The van der Waals surface area contributed by atoms with E-state index in [2.05, 4.69) is 15.9 Å². The van der Waals surface area contributed by atoms with Crippen molar-refractivity contribution in [2.24, 2.45) is 0 Å². The summed E-state index contributed by atoms with van der Waals surface area (Å²) >= 11 is 3.40. The topological polar surface area (TPSA) is 72.9 Å². The number of nitrogens with zero attached hydrogens (tertiary/aromatic N) is 1. The highest BCUT2D eigenvalue weighted by atomic mass is 79.9. The molecule has 0 spiro atoms. The van der Waals surface area contributed by atoms with Crippen LogP contribution in [0.2, 0.25) is 0 Å². The molecule has 0 unspecified atom stereocenters. The number of ketones is 1. The Morgan fingerprint density at radius 2 is 1.58 bits per heavy atom. The van der Waals surface area contributed by atoms with E-state index in [-0.39, 0.29) is 15.4 Å². The predicted octanol–water partition coefficient (Wildman–Crippen LogP) is 5.12. The molecular weight excluding hydrogens is 482 g/mol. The average Bonchev–Trinajstić information content (AvgIpc) is 2.79. The molecule has 3 aromatic rings. The predicted molar refractivity (Wildman–Crippen MR) is 122 cm³/mol. The van der Waals surface area contributed by atoms with Gasteiger partial charge < -0.3 is 14.4 Å². The number of allylic oxidation sites excluding steroid dienone is 1. The molecule has 8 heteroatoms. The second-order valence-electron chi connectivity index (χ2n) is 6.71. The molecular formula is C23H18BrNO5S. The number of para-hydroxylation sites is 1. The molecule has 158 valence electrons. The summed E-state index contributed by atoms with van der Waals surface area (Å²) in [6, 6.07) is 18.6. The third-order valence-electron chi connectivity index (χ3n) is 4.92. The molecule has 0 atom stereocenters. The van der Waals surface area contributed by atoms with Gasteiger partial charge in [0.15, 0.2) is 11.5 Å². The molecule has 1 aliphatic rings. The Bertz CT molecular complexity index is 1300. The van der Waals surface area contributed by atoms with E-state index in [0.29, 0.717) is 17.2 Å². The lowest BCUT2D eigenvalue weighted by molar-refractivity contribution is 0.104. The fourth-order valence-electron chi connectivity index (χ4n) is 3.37. The molecule has 4 rings (SSSR count). The smallest absolute Gasteiger partial charge is 0.214 e. The molecule has 0 bridgehead atoms. The second-order valence-corrected chi connectivity index (χ2v) is 9.51. The highest BCUT2D eigenvalue weighted by molar-refractivity contribution is 9.10. The van der Waals surface area contributed by atoms with Crippen LogP contribution in [-0.4, -0.2) is 28.4 Å². The number of sulfone groups is 1. The van der Waals surface area contributed by atoms with Crippen molar-refractivity contribution in [1.29, 1.82) is 0 Å². The van der Waals surface area contributed by atoms with E-state index in [4.69, 9.17) is 9.47 Å². The van der Waals surface area contributed by atoms with Crippen molar-refractivity contribution in [2.45, 2.75) is 4.90 Å². The van der Waals surface area contributed by atoms with Crippen LogP contribution in [0.25, 0.3) is 0 Å². The molecule has 1 heterocycles. The number of hydrogen-bond donors (Lipinski definition) is 0. The summed E-state index contributed by atoms with van der Waals surface area (Å²) in [6.45, 7) is 0. The van der Waals surface area contributed by atoms with Gasteiger partial charge in [-0.1, -0.05) is 28.1 Å². The Balaban J connectivity index is 1.88. The maximum Gasteiger partial charge on any atom is 0.214 e. The van der Waals surface area contributed by atoms with E-state index in [0.717, 1.165) is 10.2 Å². The van der Waals surface area contributed by atoms with E-state index >= 15 is 0 Å². The van der Waals surface area contributed by atoms with E-state index in [1.807, 2.05) is 24.3 Å². The summed E-state index contributed by atoms with van der Waals surface area (Å²) in [4.78, 5) is 14.8. The minimum atomic E-state index is -4.03. The van der Waals surface area contributed by atoms with Gasteiger partial charge in [-0.25, -0.2) is 8.42 Å². The Labute approximate surface area is 188 Å². The maximum absolute atomic E-state index is 13.3. The van der Waals surface area contributed by atoms with Crippen LogP contribution in [0.4, 0.5) is 11.4 Å². The Morgan fingerprint density at radius 1 is 0.903 bits per heavy atom. The molecule has 0 saturated heterocycles. The van der Waals surface area contributed by atoms with Crippen LogP contribution in [0.1, 0.15) is 10.4 Å². The Hall–Kier alpha value is -3.10. The third-order valence-corrected chi connectivity index (χ3v) is 7.25. The minimum absolute atomic E-state index is 0.0734. The number of halogens is 1. The summed E-state index contributed by atoms with van der Waals surface area (Å²) in [5, 5.41) is 0. The van der Waals surface area contributed by atoms with Gasteiger partial charge in [0.25, 0.3) is 0 Å². The van der Waals surface area contributed by atoms with Crippen LogP contribution >= 0.6 is 15.9 Å². The molecule has 0 fully saturated rings. The zero-order chi connectivity index (χ0) is 22.2. The largest absolute Gasteiger partial charge is 0.493 e. The van der Waals surface area contributed by atoms with Gasteiger partial charge in [-0.05, 0) is 54.6 Å². The van der Waals surface area contributed by atoms with Crippen LogP contribution in [0.15, 0.2) is 87.2 Å². The fourth-order valence-corrected chi connectivity index (χ4v) is 5.18. The average molecular weight is 500 g/mol. The van der Waals surface area contributed by atoms with E-state index in [9.17, 15) is 13.2 Å². The molecule has 0 aromatic heterocycles. The molecule has 1 aliphatic heterocycles. The van der Waals surface area contributed by atoms with Crippen molar-refractivity contribution in [3.8, 4) is 11.5 Å². The molecule has 0 aliphatic carbocycles. The highest BCUT2D eigenvalue weighted by Crippen LogP contribution is 2.41. The van der Waals surface area contributed by atoms with Crippen molar-refractivity contribution < 1.29 is 22.7 Å². The van der Waals surface area contributed by atoms with Crippen LogP contribution in [0.5, 0.6) is 11.5 Å². The van der Waals surface area contributed by atoms with Gasteiger partial charge >= 0.3 is 0 Å². The van der Waals surface area contributed by atoms with E-state index in [1.54, 1.807) is 29.2 Å². The number of fused-ring (bicyclic) bond motifs is 1. The number of Topliss-reactive ketones (excluding diaryl/α,β-unsaturated/α-hetero) is 1. The lowest BCUT2D eigenvalue weighted by Crippen LogP contribution is -2.25. The van der Waals surface area contributed by atoms with Crippen LogP contribution in [-0.2, 0) is 9.84 Å². The number of anilines is 2. The zero-order valence-corrected chi connectivity index (χ0v) is 19.1. The van der Waals surface area contributed by atoms with Crippen molar-refractivity contribution in [1.82, 2.24) is 0 Å². The number of methoxy groups -OCH3 is 2. The quantitative estimate of drug-likeness (QED) is 0.453. The van der Waals surface area contributed by atoms with Gasteiger partial charge in [0.2, 0.25) is 15.6 Å². The number of carbonyl (C=O) groups is 1. The first-order chi connectivity index (χ1) is 14.9. The van der Waals surface area contributed by atoms with Gasteiger partial charge in [-0.15, -0.1) is 0 Å². The number of rotatable bonds is 5. The summed E-state index contributed by atoms with van der Waals surface area (Å²) in [5.74, 6) is 0.159. The molecule has 0 radical (unpaired) electrons. The van der Waals surface area contributed by atoms with Crippen molar-refractivity contribution in [2.75, 3.05) is 19.1 Å². The summed E-state index contributed by atoms with van der Waals surface area (Å²) in [5.41, 5.74) is 1.39. The zero-order valence-electron chi connectivity index (χ0n) is 16.7. The first-order valence-corrected chi connectivity index (χ1v) is 11.5. The molecule has 31 heavy (non-hydrogen) atoms. The monoisotopic (exact) mass is 499 g/mol. The summed E-state index contributed by atoms with van der Waals surface area (Å²) in [7, 11) is -1.09. The number of ether oxygens (including phenoxy) is 2. The third kappa shape index (κ3) is 3.73. The van der Waals surface area contributed by atoms with Gasteiger partial charge in [-0.3, -0.25) is 4.79 Å². The molecule has 6 nitrogen and oxygen atoms in total. The van der Waals surface area contributed by atoms with E-state index in [1.165, 1.54) is 38.6 Å². The molecule has 0 amide bonds. The Morgan fingerprint density at radius 3 is 2.26 bits per heavy atom. The van der Waals surface area contributed by atoms with E-state index < -0.39 is 15.6 Å². The SMILES string of the molecule is COc1ccc(C(=O)C2=CN(c3ccc(Br)cc3)c3ccccc3S2(=O)=O)cc1OC. The molecule has 0 N–H and O–H groups in total. The van der Waals surface area contributed by atoms with Crippen LogP contribution in [0, 0.1) is 0 Å². The molecule has 3 aromatic carbocycles. The van der Waals surface area contributed by atoms with Gasteiger partial charge in [0.1, 0.15) is 4.91 Å².